The van der Waals surface area contributed by atoms with E-state index in [2.05, 4.69) is 20.2 Å². The third-order valence-electron chi connectivity index (χ3n) is 3.11. The summed E-state index contributed by atoms with van der Waals surface area (Å²) in [7, 11) is 0. The average molecular weight is 377 g/mol. The van der Waals surface area contributed by atoms with Crippen LogP contribution < -0.4 is 5.73 Å². The molecule has 0 aromatic carbocycles. The number of H-pyrrole nitrogens is 1. The van der Waals surface area contributed by atoms with E-state index in [1.54, 1.807) is 0 Å². The van der Waals surface area contributed by atoms with Crippen LogP contribution in [-0.2, 0) is 4.74 Å². The van der Waals surface area contributed by atoms with E-state index in [1.807, 2.05) is 22.6 Å². The van der Waals surface area contributed by atoms with Gasteiger partial charge in [0.05, 0.1) is 18.1 Å². The summed E-state index contributed by atoms with van der Waals surface area (Å²) in [6.45, 7) is -0.239. The van der Waals surface area contributed by atoms with Crippen molar-refractivity contribution in [3.63, 3.8) is 0 Å². The minimum Gasteiger partial charge on any atom is -0.394 e. The molecule has 3 atom stereocenters. The van der Waals surface area contributed by atoms with Crippen molar-refractivity contribution in [1.82, 2.24) is 20.2 Å². The molecule has 8 nitrogen and oxygen atoms in total. The van der Waals surface area contributed by atoms with Crippen molar-refractivity contribution < 1.29 is 14.9 Å². The van der Waals surface area contributed by atoms with Gasteiger partial charge in [-0.25, -0.2) is 9.97 Å². The molecule has 1 saturated heterocycles. The summed E-state index contributed by atoms with van der Waals surface area (Å²) >= 11 is 2.04. The number of anilines is 1. The molecule has 1 aliphatic heterocycles. The number of nitrogens with one attached hydrogen (secondary N) is 1. The van der Waals surface area contributed by atoms with Crippen LogP contribution in [0.1, 0.15) is 18.3 Å². The topological polar surface area (TPSA) is 130 Å². The van der Waals surface area contributed by atoms with E-state index in [0.717, 1.165) is 0 Å². The molecule has 0 spiro atoms. The highest BCUT2D eigenvalue weighted by molar-refractivity contribution is 14.1. The Bertz CT molecular complexity index is 618. The number of aliphatic hydroxyl groups is 2. The Morgan fingerprint density at radius 1 is 1.47 bits per heavy atom. The standard InChI is InChI=1S/C10H12IN5O3/c11-7-6-8(12)13-9(14-10(6)16-15-7)4-1-3(18)5(2-17)19-4/h3-5,17-18H,1-2H2,(H3,12,13,14,15,16)/t3?,4-,5-/m1/s1. The third-order valence-corrected chi connectivity index (χ3v) is 3.89. The molecular weight excluding hydrogens is 365 g/mol. The third kappa shape index (κ3) is 2.16. The van der Waals surface area contributed by atoms with Crippen molar-refractivity contribution in [1.29, 1.82) is 0 Å². The van der Waals surface area contributed by atoms with E-state index in [4.69, 9.17) is 15.6 Å². The zero-order valence-corrected chi connectivity index (χ0v) is 11.9. The zero-order valence-electron chi connectivity index (χ0n) is 9.75. The van der Waals surface area contributed by atoms with E-state index in [0.29, 0.717) is 32.8 Å². The van der Waals surface area contributed by atoms with Crippen LogP contribution in [0.15, 0.2) is 0 Å². The average Bonchev–Trinajstić information content (AvgIpc) is 2.93. The molecule has 19 heavy (non-hydrogen) atoms. The number of nitrogens with two attached hydrogens (primary N) is 1. The predicted molar refractivity (Wildman–Crippen MR) is 74.1 cm³/mol. The van der Waals surface area contributed by atoms with Crippen LogP contribution in [0.3, 0.4) is 0 Å². The van der Waals surface area contributed by atoms with Crippen molar-refractivity contribution >= 4 is 39.4 Å². The second-order valence-electron chi connectivity index (χ2n) is 4.35. The summed E-state index contributed by atoms with van der Waals surface area (Å²) in [5.41, 5.74) is 6.43. The Labute approximate surface area is 121 Å². The van der Waals surface area contributed by atoms with Gasteiger partial charge in [0.25, 0.3) is 0 Å². The van der Waals surface area contributed by atoms with E-state index in [-0.39, 0.29) is 6.61 Å². The number of ether oxygens (including phenoxy) is 1. The van der Waals surface area contributed by atoms with Gasteiger partial charge in [-0.05, 0) is 22.6 Å². The molecule has 3 rings (SSSR count). The first-order valence-corrected chi connectivity index (χ1v) is 6.79. The van der Waals surface area contributed by atoms with Gasteiger partial charge in [0.1, 0.15) is 21.7 Å². The molecule has 3 heterocycles. The van der Waals surface area contributed by atoms with Crippen LogP contribution in [-0.4, -0.2) is 49.2 Å². The highest BCUT2D eigenvalue weighted by Gasteiger charge is 2.36. The highest BCUT2D eigenvalue weighted by Crippen LogP contribution is 2.32. The molecule has 1 unspecified atom stereocenters. The lowest BCUT2D eigenvalue weighted by molar-refractivity contribution is -0.0246. The van der Waals surface area contributed by atoms with Gasteiger partial charge >= 0.3 is 0 Å². The minimum absolute atomic E-state index is 0.239. The molecule has 1 fully saturated rings. The Morgan fingerprint density at radius 3 is 2.95 bits per heavy atom. The van der Waals surface area contributed by atoms with Crippen molar-refractivity contribution in [2.24, 2.45) is 0 Å². The Kier molecular flexibility index (Phi) is 3.28. The normalized spacial score (nSPS) is 27.2. The fourth-order valence-corrected chi connectivity index (χ4v) is 2.79. The summed E-state index contributed by atoms with van der Waals surface area (Å²) < 4.78 is 6.21. The molecule has 1 aliphatic rings. The fraction of sp³-hybridized carbons (Fsp3) is 0.500. The monoisotopic (exact) mass is 377 g/mol. The number of hydrogen-bond donors (Lipinski definition) is 4. The first-order valence-electron chi connectivity index (χ1n) is 5.71. The van der Waals surface area contributed by atoms with E-state index < -0.39 is 18.3 Å². The number of halogens is 1. The zero-order chi connectivity index (χ0) is 13.6. The van der Waals surface area contributed by atoms with Crippen molar-refractivity contribution in [3.05, 3.63) is 9.53 Å². The summed E-state index contributed by atoms with van der Waals surface area (Å²) in [4.78, 5) is 8.51. The van der Waals surface area contributed by atoms with E-state index >= 15 is 0 Å². The second-order valence-corrected chi connectivity index (χ2v) is 5.38. The molecule has 102 valence electrons. The lowest BCUT2D eigenvalue weighted by Crippen LogP contribution is -2.24. The van der Waals surface area contributed by atoms with Crippen LogP contribution in [0.5, 0.6) is 0 Å². The Hall–Kier alpha value is -1.04. The van der Waals surface area contributed by atoms with Gasteiger partial charge < -0.3 is 20.7 Å². The molecule has 2 aromatic rings. The summed E-state index contributed by atoms with van der Waals surface area (Å²) in [5.74, 6) is 0.712. The van der Waals surface area contributed by atoms with Crippen LogP contribution in [0.25, 0.3) is 11.0 Å². The number of hydrogen-bond acceptors (Lipinski definition) is 7. The fourth-order valence-electron chi connectivity index (χ4n) is 2.14. The molecular formula is C10H12IN5O3. The minimum atomic E-state index is -0.725. The van der Waals surface area contributed by atoms with Crippen molar-refractivity contribution in [2.45, 2.75) is 24.7 Å². The largest absolute Gasteiger partial charge is 0.394 e. The quantitative estimate of drug-likeness (QED) is 0.530. The number of aromatic nitrogens is 4. The second kappa shape index (κ2) is 4.81. The molecule has 0 radical (unpaired) electrons. The van der Waals surface area contributed by atoms with Gasteiger partial charge in [-0.3, -0.25) is 5.10 Å². The molecule has 9 heteroatoms. The van der Waals surface area contributed by atoms with Gasteiger partial charge in [-0.2, -0.15) is 5.10 Å². The van der Waals surface area contributed by atoms with E-state index in [1.165, 1.54) is 0 Å². The van der Waals surface area contributed by atoms with Crippen molar-refractivity contribution in [3.8, 4) is 0 Å². The van der Waals surface area contributed by atoms with E-state index in [9.17, 15) is 5.11 Å². The molecule has 0 saturated carbocycles. The summed E-state index contributed by atoms with van der Waals surface area (Å²) in [6, 6.07) is 0. The number of fused-ring (bicyclic) bond motifs is 1. The van der Waals surface area contributed by atoms with Crippen LogP contribution in [0.4, 0.5) is 5.82 Å². The molecule has 0 bridgehead atoms. The number of aliphatic hydroxyl groups excluding tert-OH is 2. The molecule has 5 N–H and O–H groups in total. The van der Waals surface area contributed by atoms with Gasteiger partial charge in [0, 0.05) is 6.42 Å². The van der Waals surface area contributed by atoms with Crippen molar-refractivity contribution in [2.75, 3.05) is 12.3 Å². The number of aromatic amines is 1. The van der Waals surface area contributed by atoms with Gasteiger partial charge in [0.2, 0.25) is 0 Å². The lowest BCUT2D eigenvalue weighted by atomic mass is 10.1. The van der Waals surface area contributed by atoms with Crippen LogP contribution >= 0.6 is 22.6 Å². The maximum absolute atomic E-state index is 9.71. The smallest absolute Gasteiger partial charge is 0.162 e. The first kappa shape index (κ1) is 13.0. The van der Waals surface area contributed by atoms with Gasteiger partial charge in [-0.1, -0.05) is 0 Å². The number of nitrogens with zero attached hydrogens (tertiary/aromatic N) is 3. The highest BCUT2D eigenvalue weighted by atomic mass is 127. The maximum atomic E-state index is 9.71. The van der Waals surface area contributed by atoms with Gasteiger partial charge in [-0.15, -0.1) is 0 Å². The van der Waals surface area contributed by atoms with Crippen LogP contribution in [0, 0.1) is 3.70 Å². The lowest BCUT2D eigenvalue weighted by Gasteiger charge is -2.11. The molecule has 0 amide bonds. The predicted octanol–water partition coefficient (Wildman–Crippen LogP) is -0.277. The molecule has 0 aliphatic carbocycles. The maximum Gasteiger partial charge on any atom is 0.162 e. The summed E-state index contributed by atoms with van der Waals surface area (Å²) in [5, 5.41) is 26.3. The Morgan fingerprint density at radius 2 is 2.26 bits per heavy atom. The summed E-state index contributed by atoms with van der Waals surface area (Å²) in [6.07, 6.45) is -1.47. The Balaban J connectivity index is 1.98. The van der Waals surface area contributed by atoms with Crippen LogP contribution in [0.2, 0.25) is 0 Å². The first-order chi connectivity index (χ1) is 9.10. The number of rotatable bonds is 2. The SMILES string of the molecule is Nc1nc([C@H]2CC(O)[C@@H](CO)O2)nc2[nH]nc(I)c12. The van der Waals surface area contributed by atoms with Gasteiger partial charge in [0.15, 0.2) is 11.5 Å². The number of nitrogen functional groups attached to an aromatic ring is 1. The molecule has 2 aromatic heterocycles.